The van der Waals surface area contributed by atoms with Crippen LogP contribution in [0.15, 0.2) is 224 Å². The van der Waals surface area contributed by atoms with E-state index in [1.54, 1.807) is 12.1 Å². The lowest BCUT2D eigenvalue weighted by atomic mass is 9.84. The van der Waals surface area contributed by atoms with E-state index in [0.717, 1.165) is 16.7 Å². The predicted octanol–water partition coefficient (Wildman–Crippen LogP) is 12.9. The van der Waals surface area contributed by atoms with E-state index in [0.29, 0.717) is 22.6 Å². The number of benzene rings is 8. The summed E-state index contributed by atoms with van der Waals surface area (Å²) in [5.74, 6) is 0.846. The van der Waals surface area contributed by atoms with Gasteiger partial charge in [-0.25, -0.2) is 0 Å². The van der Waals surface area contributed by atoms with Crippen LogP contribution in [0.4, 0.5) is 0 Å². The van der Waals surface area contributed by atoms with E-state index in [-0.39, 0.29) is 18.4 Å². The number of amides is 2. The molecule has 0 unspecified atom stereocenters. The van der Waals surface area contributed by atoms with Gasteiger partial charge in [0, 0.05) is 11.5 Å². The molecule has 0 saturated carbocycles. The molecule has 8 aromatic rings. The van der Waals surface area contributed by atoms with Gasteiger partial charge in [-0.2, -0.15) is 0 Å². The Bertz CT molecular complexity index is 2330. The fourth-order valence-electron chi connectivity index (χ4n) is 8.58. The molecule has 0 aromatic heterocycles. The second-order valence-corrected chi connectivity index (χ2v) is 17.4. The number of thioether (sulfide) groups is 2. The van der Waals surface area contributed by atoms with Crippen LogP contribution in [-0.2, 0) is 27.5 Å². The maximum atomic E-state index is 13.7. The molecule has 1 aliphatic rings. The molecule has 0 spiro atoms. The average molecular weight is 814 g/mol. The Kier molecular flexibility index (Phi) is 11.4. The minimum atomic E-state index is -0.514. The second-order valence-electron chi connectivity index (χ2n) is 15.0. The summed E-state index contributed by atoms with van der Waals surface area (Å²) in [4.78, 5) is 28.9. The molecule has 0 atom stereocenters. The van der Waals surface area contributed by atoms with Crippen LogP contribution in [0.5, 0.6) is 0 Å². The van der Waals surface area contributed by atoms with Crippen LogP contribution in [0.3, 0.4) is 0 Å². The van der Waals surface area contributed by atoms with Crippen LogP contribution in [-0.4, -0.2) is 16.7 Å². The lowest BCUT2D eigenvalue weighted by Crippen LogP contribution is -2.29. The normalized spacial score (nSPS) is 12.7. The number of carbonyl (C=O) groups excluding carboxylic acids is 2. The van der Waals surface area contributed by atoms with Crippen LogP contribution >= 0.6 is 23.5 Å². The Balaban J connectivity index is 1.15. The molecular formula is C55H43NO2S2. The molecule has 0 N–H and O–H groups in total. The molecule has 5 heteroatoms. The highest BCUT2D eigenvalue weighted by Crippen LogP contribution is 2.51. The number of carbonyl (C=O) groups is 2. The monoisotopic (exact) mass is 813 g/mol. The quantitative estimate of drug-likeness (QED) is 0.0809. The summed E-state index contributed by atoms with van der Waals surface area (Å²) in [6.07, 6.45) is 0. The van der Waals surface area contributed by atoms with Crippen molar-refractivity contribution in [2.75, 3.05) is 0 Å². The summed E-state index contributed by atoms with van der Waals surface area (Å²) >= 11 is 3.78. The Morgan fingerprint density at radius 3 is 0.867 bits per heavy atom. The Morgan fingerprint density at radius 2 is 0.583 bits per heavy atom. The third kappa shape index (κ3) is 7.51. The maximum Gasteiger partial charge on any atom is 0.261 e. The molecule has 1 heterocycles. The topological polar surface area (TPSA) is 37.4 Å². The van der Waals surface area contributed by atoms with E-state index in [1.807, 2.05) is 35.7 Å². The number of fused-ring (bicyclic) bond motifs is 1. The van der Waals surface area contributed by atoms with Crippen molar-refractivity contribution in [3.05, 3.63) is 286 Å². The van der Waals surface area contributed by atoms with Gasteiger partial charge in [0.05, 0.1) is 27.2 Å². The van der Waals surface area contributed by atoms with Crippen molar-refractivity contribution < 1.29 is 9.59 Å². The van der Waals surface area contributed by atoms with Crippen LogP contribution in [0, 0.1) is 0 Å². The van der Waals surface area contributed by atoms with Crippen LogP contribution in [0.25, 0.3) is 0 Å². The SMILES string of the molecule is O=C1c2ccccc2C(=O)N1Cc1cc(CSC(c2ccccc2)(c2ccccc2)c2ccccc2)cc(CSC(c2ccccc2)(c2ccccc2)c2ccccc2)c1. The lowest BCUT2D eigenvalue weighted by Gasteiger charge is -2.36. The van der Waals surface area contributed by atoms with E-state index in [9.17, 15) is 9.59 Å². The van der Waals surface area contributed by atoms with Gasteiger partial charge in [-0.15, -0.1) is 23.5 Å². The zero-order chi connectivity index (χ0) is 40.8. The summed E-state index contributed by atoms with van der Waals surface area (Å²) in [5, 5.41) is 0. The number of nitrogens with zero attached hydrogens (tertiary/aromatic N) is 1. The molecule has 3 nitrogen and oxygen atoms in total. The van der Waals surface area contributed by atoms with Gasteiger partial charge in [0.2, 0.25) is 0 Å². The molecule has 8 aromatic carbocycles. The minimum Gasteiger partial charge on any atom is -0.270 e. The van der Waals surface area contributed by atoms with Crippen molar-refractivity contribution in [3.8, 4) is 0 Å². The smallest absolute Gasteiger partial charge is 0.261 e. The molecule has 0 saturated heterocycles. The van der Waals surface area contributed by atoms with Gasteiger partial charge in [-0.1, -0.05) is 212 Å². The van der Waals surface area contributed by atoms with E-state index in [2.05, 4.69) is 200 Å². The van der Waals surface area contributed by atoms with Gasteiger partial charge in [-0.05, 0) is 62.2 Å². The molecule has 1 aliphatic heterocycles. The van der Waals surface area contributed by atoms with Gasteiger partial charge in [0.25, 0.3) is 11.8 Å². The van der Waals surface area contributed by atoms with Crippen molar-refractivity contribution in [1.29, 1.82) is 0 Å². The third-order valence-electron chi connectivity index (χ3n) is 11.3. The van der Waals surface area contributed by atoms with Gasteiger partial charge in [-0.3, -0.25) is 14.5 Å². The van der Waals surface area contributed by atoms with Crippen molar-refractivity contribution in [2.45, 2.75) is 27.5 Å². The van der Waals surface area contributed by atoms with Gasteiger partial charge in [0.1, 0.15) is 0 Å². The first-order valence-electron chi connectivity index (χ1n) is 20.2. The Morgan fingerprint density at radius 1 is 0.333 bits per heavy atom. The third-order valence-corrected chi connectivity index (χ3v) is 14.6. The molecule has 0 radical (unpaired) electrons. The Labute approximate surface area is 361 Å². The van der Waals surface area contributed by atoms with E-state index in [1.165, 1.54) is 38.3 Å². The highest BCUT2D eigenvalue weighted by Gasteiger charge is 2.39. The molecule has 0 bridgehead atoms. The van der Waals surface area contributed by atoms with Gasteiger partial charge in [0.15, 0.2) is 0 Å². The van der Waals surface area contributed by atoms with Crippen molar-refractivity contribution in [2.24, 2.45) is 0 Å². The summed E-state index contributed by atoms with van der Waals surface area (Å²) in [6.45, 7) is 0.185. The Hall–Kier alpha value is -6.40. The fraction of sp³-hybridized carbons (Fsp3) is 0.0909. The second kappa shape index (κ2) is 17.4. The zero-order valence-electron chi connectivity index (χ0n) is 33.1. The molecular weight excluding hydrogens is 771 g/mol. The highest BCUT2D eigenvalue weighted by molar-refractivity contribution is 8.00. The summed E-state index contributed by atoms with van der Waals surface area (Å²) < 4.78 is -1.03. The number of imide groups is 1. The minimum absolute atomic E-state index is 0.185. The summed E-state index contributed by atoms with van der Waals surface area (Å²) in [5.41, 5.74) is 11.3. The molecule has 0 aliphatic carbocycles. The number of hydrogen-bond donors (Lipinski definition) is 0. The van der Waals surface area contributed by atoms with E-state index in [4.69, 9.17) is 0 Å². The van der Waals surface area contributed by atoms with Gasteiger partial charge >= 0.3 is 0 Å². The summed E-state index contributed by atoms with van der Waals surface area (Å²) in [6, 6.07) is 78.4. The lowest BCUT2D eigenvalue weighted by molar-refractivity contribution is 0.0642. The molecule has 2 amide bonds. The highest BCUT2D eigenvalue weighted by atomic mass is 32.2. The maximum absolute atomic E-state index is 13.7. The standard InChI is InChI=1S/C55H43NO2S2/c57-52-50-33-19-20-34-51(50)53(58)56(52)38-41-35-42(39-59-54(44-21-7-1-8-22-44,45-23-9-2-10-24-45)46-25-11-3-12-26-46)37-43(36-41)40-60-55(47-27-13-4-14-28-47,48-29-15-5-16-30-48)49-31-17-6-18-32-49/h1-37H,38-40H2. The molecule has 9 rings (SSSR count). The zero-order valence-corrected chi connectivity index (χ0v) is 34.7. The first-order chi connectivity index (χ1) is 29.6. The molecule has 0 fully saturated rings. The van der Waals surface area contributed by atoms with Gasteiger partial charge < -0.3 is 0 Å². The average Bonchev–Trinajstić information content (AvgIpc) is 3.56. The van der Waals surface area contributed by atoms with Crippen molar-refractivity contribution >= 4 is 35.3 Å². The molecule has 292 valence electrons. The number of rotatable bonds is 14. The number of hydrogen-bond acceptors (Lipinski definition) is 4. The predicted molar refractivity (Wildman–Crippen MR) is 248 cm³/mol. The largest absolute Gasteiger partial charge is 0.270 e. The van der Waals surface area contributed by atoms with E-state index >= 15 is 0 Å². The first kappa shape index (κ1) is 39.1. The molecule has 60 heavy (non-hydrogen) atoms. The van der Waals surface area contributed by atoms with Crippen LogP contribution < -0.4 is 0 Å². The first-order valence-corrected chi connectivity index (χ1v) is 22.2. The van der Waals surface area contributed by atoms with Crippen LogP contribution in [0.2, 0.25) is 0 Å². The summed E-state index contributed by atoms with van der Waals surface area (Å²) in [7, 11) is 0. The van der Waals surface area contributed by atoms with E-state index < -0.39 is 9.49 Å². The fourth-order valence-corrected chi connectivity index (χ4v) is 11.5. The van der Waals surface area contributed by atoms with Crippen molar-refractivity contribution in [1.82, 2.24) is 4.90 Å². The van der Waals surface area contributed by atoms with Crippen LogP contribution in [0.1, 0.15) is 70.8 Å². The van der Waals surface area contributed by atoms with Crippen molar-refractivity contribution in [3.63, 3.8) is 0 Å².